The van der Waals surface area contributed by atoms with E-state index in [1.54, 1.807) is 0 Å². The average Bonchev–Trinajstić information content (AvgIpc) is 2.35. The Labute approximate surface area is 116 Å². The van der Waals surface area contributed by atoms with Gasteiger partial charge in [0.2, 0.25) is 0 Å². The number of hydrogen-bond acceptors (Lipinski definition) is 3. The summed E-state index contributed by atoms with van der Waals surface area (Å²) in [5, 5.41) is 0. The number of rotatable bonds is 2. The van der Waals surface area contributed by atoms with Gasteiger partial charge in [0, 0.05) is 0 Å². The fourth-order valence-electron chi connectivity index (χ4n) is 3.14. The first-order chi connectivity index (χ1) is 7.75. The van der Waals surface area contributed by atoms with Gasteiger partial charge in [-0.1, -0.05) is 6.92 Å². The number of hydrogen-bond donors (Lipinski definition) is 0. The summed E-state index contributed by atoms with van der Waals surface area (Å²) < 4.78 is 7.02. The van der Waals surface area contributed by atoms with E-state index < -0.39 is 8.32 Å². The quantitative estimate of drug-likeness (QED) is 0.688. The Kier molecular flexibility index (Phi) is 4.01. The van der Waals surface area contributed by atoms with Crippen LogP contribution in [0.1, 0.15) is 33.1 Å². The Morgan fingerprint density at radius 3 is 2.29 bits per heavy atom. The summed E-state index contributed by atoms with van der Waals surface area (Å²) in [7, 11) is -1.44. The molecule has 0 N–H and O–H groups in total. The van der Waals surface area contributed by atoms with Crippen molar-refractivity contribution in [2.24, 2.45) is 5.92 Å². The van der Waals surface area contributed by atoms with Gasteiger partial charge in [-0.25, -0.2) is 0 Å². The summed E-state index contributed by atoms with van der Waals surface area (Å²) in [6.07, 6.45) is 3.97. The van der Waals surface area contributed by atoms with Crippen LogP contribution in [0.25, 0.3) is 0 Å². The summed E-state index contributed by atoms with van der Waals surface area (Å²) in [4.78, 5) is 0. The van der Waals surface area contributed by atoms with Gasteiger partial charge in [0.25, 0.3) is 0 Å². The zero-order valence-electron chi connectivity index (χ0n) is 11.8. The van der Waals surface area contributed by atoms with Gasteiger partial charge in [-0.3, -0.25) is 0 Å². The molecule has 0 aromatic carbocycles. The Bertz CT molecular complexity index is 284. The molecular formula is C13H26OS2Si. The summed E-state index contributed by atoms with van der Waals surface area (Å²) in [5.74, 6) is 3.40. The van der Waals surface area contributed by atoms with Crippen LogP contribution < -0.4 is 0 Å². The van der Waals surface area contributed by atoms with Gasteiger partial charge < -0.3 is 4.43 Å². The van der Waals surface area contributed by atoms with E-state index in [2.05, 4.69) is 57.0 Å². The normalized spacial score (nSPS) is 37.6. The molecule has 2 rings (SSSR count). The predicted molar refractivity (Wildman–Crippen MR) is 83.5 cm³/mol. The number of thioether (sulfide) groups is 2. The minimum absolute atomic E-state index is 0.127. The topological polar surface area (TPSA) is 9.23 Å². The molecular weight excluding hydrogens is 264 g/mol. The van der Waals surface area contributed by atoms with Crippen LogP contribution in [0.4, 0.5) is 0 Å². The van der Waals surface area contributed by atoms with Crippen molar-refractivity contribution in [3.8, 4) is 0 Å². The smallest absolute Gasteiger partial charge is 0.184 e. The molecule has 1 aliphatic heterocycles. The van der Waals surface area contributed by atoms with Crippen molar-refractivity contribution in [2.45, 2.75) is 62.4 Å². The van der Waals surface area contributed by atoms with Crippen LogP contribution in [0.3, 0.4) is 0 Å². The summed E-state index contributed by atoms with van der Waals surface area (Å²) >= 11 is 4.41. The lowest BCUT2D eigenvalue weighted by molar-refractivity contribution is 0.0478. The maximum atomic E-state index is 6.54. The molecule has 0 bridgehead atoms. The van der Waals surface area contributed by atoms with Gasteiger partial charge in [-0.2, -0.15) is 0 Å². The van der Waals surface area contributed by atoms with Crippen molar-refractivity contribution in [2.75, 3.05) is 11.5 Å². The van der Waals surface area contributed by atoms with Gasteiger partial charge in [-0.05, 0) is 63.3 Å². The summed E-state index contributed by atoms with van der Waals surface area (Å²) in [5.41, 5.74) is 0.127. The fourth-order valence-corrected chi connectivity index (χ4v) is 8.66. The second-order valence-corrected chi connectivity index (χ2v) is 14.4. The van der Waals surface area contributed by atoms with Crippen molar-refractivity contribution < 1.29 is 4.43 Å². The molecule has 1 spiro atoms. The molecule has 0 radical (unpaired) electrons. The molecule has 0 aromatic heterocycles. The van der Waals surface area contributed by atoms with Crippen molar-refractivity contribution in [1.29, 1.82) is 0 Å². The van der Waals surface area contributed by atoms with Gasteiger partial charge >= 0.3 is 0 Å². The third kappa shape index (κ3) is 3.25. The molecule has 2 aliphatic rings. The van der Waals surface area contributed by atoms with Gasteiger partial charge in [0.15, 0.2) is 8.32 Å². The van der Waals surface area contributed by atoms with Crippen LogP contribution in [0.5, 0.6) is 0 Å². The van der Waals surface area contributed by atoms with Crippen LogP contribution in [-0.2, 0) is 4.43 Å². The standard InChI is InChI=1S/C13H26OS2Si/c1-11-9-13(15-7-6-8-16-13)10-12(11,2)14-17(3,4)5/h11H,6-10H2,1-5H3/t11-,12+/m0/s1. The highest BCUT2D eigenvalue weighted by Crippen LogP contribution is 2.59. The summed E-state index contributed by atoms with van der Waals surface area (Å²) in [6.45, 7) is 11.7. The highest BCUT2D eigenvalue weighted by molar-refractivity contribution is 8.18. The maximum absolute atomic E-state index is 6.54. The monoisotopic (exact) mass is 290 g/mol. The van der Waals surface area contributed by atoms with Crippen LogP contribution in [0.15, 0.2) is 0 Å². The minimum atomic E-state index is -1.44. The molecule has 1 nitrogen and oxygen atoms in total. The lowest BCUT2D eigenvalue weighted by Crippen LogP contribution is -2.43. The molecule has 2 fully saturated rings. The highest BCUT2D eigenvalue weighted by Gasteiger charge is 2.53. The molecule has 1 saturated carbocycles. The first-order valence-corrected chi connectivity index (χ1v) is 12.1. The van der Waals surface area contributed by atoms with Gasteiger partial charge in [-0.15, -0.1) is 23.5 Å². The highest BCUT2D eigenvalue weighted by atomic mass is 32.2. The zero-order chi connectivity index (χ0) is 12.7. The van der Waals surface area contributed by atoms with Crippen molar-refractivity contribution >= 4 is 31.8 Å². The van der Waals surface area contributed by atoms with E-state index in [1.165, 1.54) is 30.8 Å². The van der Waals surface area contributed by atoms with Crippen LogP contribution in [0, 0.1) is 5.92 Å². The molecule has 1 heterocycles. The largest absolute Gasteiger partial charge is 0.412 e. The Balaban J connectivity index is 2.10. The lowest BCUT2D eigenvalue weighted by Gasteiger charge is -2.38. The molecule has 17 heavy (non-hydrogen) atoms. The van der Waals surface area contributed by atoms with E-state index >= 15 is 0 Å². The van der Waals surface area contributed by atoms with E-state index in [4.69, 9.17) is 4.43 Å². The van der Waals surface area contributed by atoms with Gasteiger partial charge in [0.05, 0.1) is 9.68 Å². The van der Waals surface area contributed by atoms with E-state index in [0.29, 0.717) is 10.00 Å². The Morgan fingerprint density at radius 2 is 1.76 bits per heavy atom. The Hall–Kier alpha value is 0.877. The zero-order valence-corrected chi connectivity index (χ0v) is 14.5. The second-order valence-electron chi connectivity index (χ2n) is 6.77. The lowest BCUT2D eigenvalue weighted by atomic mass is 9.95. The molecule has 100 valence electrons. The molecule has 0 unspecified atom stereocenters. The first-order valence-electron chi connectivity index (χ1n) is 6.73. The molecule has 1 aliphatic carbocycles. The SMILES string of the molecule is C[C@H]1CC2(C[C@@]1(C)O[Si](C)(C)C)SCCCS2. The maximum Gasteiger partial charge on any atom is 0.184 e. The molecule has 0 amide bonds. The van der Waals surface area contributed by atoms with Crippen molar-refractivity contribution in [3.63, 3.8) is 0 Å². The third-order valence-electron chi connectivity index (χ3n) is 3.84. The minimum Gasteiger partial charge on any atom is -0.412 e. The molecule has 0 aromatic rings. The molecule has 1 saturated heterocycles. The first kappa shape index (κ1) is 14.3. The van der Waals surface area contributed by atoms with Crippen LogP contribution >= 0.6 is 23.5 Å². The van der Waals surface area contributed by atoms with Crippen LogP contribution in [-0.4, -0.2) is 29.5 Å². The molecule has 4 heteroatoms. The third-order valence-corrected chi connectivity index (χ3v) is 8.28. The predicted octanol–water partition coefficient (Wildman–Crippen LogP) is 4.59. The van der Waals surface area contributed by atoms with Crippen molar-refractivity contribution in [3.05, 3.63) is 0 Å². The van der Waals surface area contributed by atoms with E-state index in [9.17, 15) is 0 Å². The Morgan fingerprint density at radius 1 is 1.18 bits per heavy atom. The summed E-state index contributed by atoms with van der Waals surface area (Å²) in [6, 6.07) is 0. The average molecular weight is 291 g/mol. The van der Waals surface area contributed by atoms with Crippen LogP contribution in [0.2, 0.25) is 19.6 Å². The van der Waals surface area contributed by atoms with E-state index in [-0.39, 0.29) is 5.60 Å². The van der Waals surface area contributed by atoms with E-state index in [1.807, 2.05) is 0 Å². The van der Waals surface area contributed by atoms with Gasteiger partial charge in [0.1, 0.15) is 0 Å². The van der Waals surface area contributed by atoms with E-state index in [0.717, 1.165) is 0 Å². The second kappa shape index (κ2) is 4.77. The molecule has 2 atom stereocenters. The van der Waals surface area contributed by atoms with Crippen molar-refractivity contribution in [1.82, 2.24) is 0 Å². The fraction of sp³-hybridized carbons (Fsp3) is 1.00.